The molecule has 4 rings (SSSR count). The molecule has 2 aromatic rings. The maximum atomic E-state index is 15.1. The van der Waals surface area contributed by atoms with Gasteiger partial charge in [0.15, 0.2) is 0 Å². The maximum absolute atomic E-state index is 15.1. The summed E-state index contributed by atoms with van der Waals surface area (Å²) in [6.45, 7) is 8.11. The van der Waals surface area contributed by atoms with E-state index in [-0.39, 0.29) is 54.5 Å². The van der Waals surface area contributed by atoms with Gasteiger partial charge in [0, 0.05) is 56.7 Å². The predicted molar refractivity (Wildman–Crippen MR) is 132 cm³/mol. The first-order chi connectivity index (χ1) is 16.4. The third-order valence-electron chi connectivity index (χ3n) is 7.23. The molecule has 8 heteroatoms. The molecular formula is C27H36FN2NaO4. The van der Waals surface area contributed by atoms with E-state index in [4.69, 9.17) is 4.74 Å². The first-order valence-electron chi connectivity index (χ1n) is 12.3. The molecule has 0 spiro atoms. The molecule has 2 heterocycles. The van der Waals surface area contributed by atoms with Gasteiger partial charge in [0.2, 0.25) is 0 Å². The molecule has 0 aromatic heterocycles. The molecule has 2 aliphatic heterocycles. The van der Waals surface area contributed by atoms with Crippen molar-refractivity contribution in [2.75, 3.05) is 37.7 Å². The van der Waals surface area contributed by atoms with Gasteiger partial charge in [-0.2, -0.15) is 0 Å². The van der Waals surface area contributed by atoms with Crippen LogP contribution < -0.4 is 34.5 Å². The minimum Gasteiger partial charge on any atom is -1.00 e. The topological polar surface area (TPSA) is 73.2 Å². The molecule has 2 aromatic carbocycles. The first kappa shape index (κ1) is 28.1. The number of hydrogen-bond donors (Lipinski definition) is 2. The van der Waals surface area contributed by atoms with Crippen molar-refractivity contribution in [3.8, 4) is 11.1 Å². The van der Waals surface area contributed by atoms with E-state index in [0.717, 1.165) is 43.7 Å². The molecule has 0 atom stereocenters. The van der Waals surface area contributed by atoms with Gasteiger partial charge >= 0.3 is 35.5 Å². The van der Waals surface area contributed by atoms with E-state index in [0.29, 0.717) is 49.3 Å². The smallest absolute Gasteiger partial charge is 1.00 e. The number of anilines is 1. The van der Waals surface area contributed by atoms with E-state index in [1.54, 1.807) is 12.1 Å². The molecule has 186 valence electrons. The number of ether oxygens (including phenoxy) is 1. The second-order valence-corrected chi connectivity index (χ2v) is 9.42. The molecule has 0 unspecified atom stereocenters. The Morgan fingerprint density at radius 1 is 1.14 bits per heavy atom. The van der Waals surface area contributed by atoms with E-state index in [9.17, 15) is 15.0 Å². The summed E-state index contributed by atoms with van der Waals surface area (Å²) in [5.41, 5.74) is 3.85. The van der Waals surface area contributed by atoms with Crippen LogP contribution in [-0.2, 0) is 11.3 Å². The third-order valence-corrected chi connectivity index (χ3v) is 7.23. The zero-order valence-corrected chi connectivity index (χ0v) is 23.1. The van der Waals surface area contributed by atoms with E-state index >= 15 is 4.39 Å². The number of piperidine rings is 1. The molecule has 35 heavy (non-hydrogen) atoms. The zero-order valence-electron chi connectivity index (χ0n) is 22.1. The first-order valence-corrected chi connectivity index (χ1v) is 12.3. The number of benzene rings is 2. The number of carboxylic acid groups (broad SMARTS) is 1. The summed E-state index contributed by atoms with van der Waals surface area (Å²) in [7, 11) is 0. The van der Waals surface area contributed by atoms with E-state index in [1.807, 2.05) is 19.1 Å². The van der Waals surface area contributed by atoms with Crippen LogP contribution in [0.4, 0.5) is 10.1 Å². The largest absolute Gasteiger partial charge is 1.00 e. The van der Waals surface area contributed by atoms with E-state index in [1.165, 1.54) is 6.07 Å². The predicted octanol–water partition coefficient (Wildman–Crippen LogP) is 1.58. The van der Waals surface area contributed by atoms with Crippen LogP contribution in [-0.4, -0.2) is 66.1 Å². The van der Waals surface area contributed by atoms with Crippen molar-refractivity contribution in [2.24, 2.45) is 0 Å². The van der Waals surface area contributed by atoms with Crippen molar-refractivity contribution in [1.29, 1.82) is 0 Å². The van der Waals surface area contributed by atoms with Gasteiger partial charge in [-0.25, -0.2) is 9.18 Å². The molecule has 0 radical (unpaired) electrons. The van der Waals surface area contributed by atoms with Crippen LogP contribution in [0.2, 0.25) is 0 Å². The summed E-state index contributed by atoms with van der Waals surface area (Å²) in [5.74, 6) is -1.27. The average Bonchev–Trinajstić information content (AvgIpc) is 2.83. The van der Waals surface area contributed by atoms with Gasteiger partial charge in [-0.05, 0) is 74.4 Å². The van der Waals surface area contributed by atoms with Crippen molar-refractivity contribution in [3.63, 3.8) is 0 Å². The standard InChI is InChI=1S/C27H35FN2O4.Na.H/c1-3-30(22-8-12-34-13-9-22)26-16-21(14-24(18(26)2)27(32)33)19-4-5-20(25(28)15-19)17-29-10-6-23(31)7-11-29;;/h4-5,14-16,22-23,31H,3,6-13,17H2,1-2H3,(H,32,33);;/q;+1;-1. The number of halogens is 1. The maximum Gasteiger partial charge on any atom is 1.00 e. The second-order valence-electron chi connectivity index (χ2n) is 9.42. The number of carboxylic acids is 1. The van der Waals surface area contributed by atoms with Crippen molar-refractivity contribution in [2.45, 2.75) is 58.2 Å². The van der Waals surface area contributed by atoms with Crippen molar-refractivity contribution < 1.29 is 55.1 Å². The Kier molecular flexibility index (Phi) is 10.2. The molecule has 0 saturated carbocycles. The van der Waals surface area contributed by atoms with Crippen LogP contribution in [0.15, 0.2) is 30.3 Å². The number of aliphatic hydroxyl groups is 1. The number of nitrogens with zero attached hydrogens (tertiary/aromatic N) is 2. The number of aliphatic hydroxyl groups excluding tert-OH is 1. The number of carbonyl (C=O) groups is 1. The van der Waals surface area contributed by atoms with Crippen molar-refractivity contribution in [1.82, 2.24) is 4.90 Å². The van der Waals surface area contributed by atoms with E-state index < -0.39 is 5.97 Å². The minimum absolute atomic E-state index is 0. The van der Waals surface area contributed by atoms with Gasteiger partial charge in [0.25, 0.3) is 0 Å². The third kappa shape index (κ3) is 6.64. The monoisotopic (exact) mass is 494 g/mol. The summed E-state index contributed by atoms with van der Waals surface area (Å²) in [6.07, 6.45) is 2.97. The molecule has 2 saturated heterocycles. The van der Waals surface area contributed by atoms with Crippen LogP contribution in [0, 0.1) is 12.7 Å². The molecule has 0 bridgehead atoms. The molecule has 2 N–H and O–H groups in total. The van der Waals surface area contributed by atoms with Gasteiger partial charge in [0.1, 0.15) is 5.82 Å². The normalized spacial score (nSPS) is 17.7. The number of likely N-dealkylation sites (tertiary alicyclic amines) is 1. The Bertz CT molecular complexity index is 1030. The quantitative estimate of drug-likeness (QED) is 0.570. The Hall–Kier alpha value is -1.48. The van der Waals surface area contributed by atoms with Gasteiger partial charge in [-0.3, -0.25) is 4.90 Å². The van der Waals surface area contributed by atoms with Crippen molar-refractivity contribution in [3.05, 3.63) is 52.8 Å². The SMILES string of the molecule is CCN(c1cc(-c2ccc(CN3CCC(O)CC3)c(F)c2)cc(C(=O)O)c1C)C1CCOCC1.[H-].[Na+]. The van der Waals surface area contributed by atoms with Crippen LogP contribution in [0.5, 0.6) is 0 Å². The van der Waals surface area contributed by atoms with Gasteiger partial charge in [-0.1, -0.05) is 12.1 Å². The fraction of sp³-hybridized carbons (Fsp3) is 0.519. The summed E-state index contributed by atoms with van der Waals surface area (Å²) >= 11 is 0. The summed E-state index contributed by atoms with van der Waals surface area (Å²) in [4.78, 5) is 16.5. The molecule has 2 aliphatic rings. The molecule has 2 fully saturated rings. The fourth-order valence-electron chi connectivity index (χ4n) is 5.18. The summed E-state index contributed by atoms with van der Waals surface area (Å²) in [6, 6.07) is 9.13. The van der Waals surface area contributed by atoms with Crippen LogP contribution in [0.25, 0.3) is 11.1 Å². The van der Waals surface area contributed by atoms with Crippen LogP contribution >= 0.6 is 0 Å². The molecule has 0 aliphatic carbocycles. The molecular weight excluding hydrogens is 458 g/mol. The van der Waals surface area contributed by atoms with E-state index in [2.05, 4.69) is 16.7 Å². The van der Waals surface area contributed by atoms with Gasteiger partial charge in [-0.15, -0.1) is 0 Å². The average molecular weight is 495 g/mol. The van der Waals surface area contributed by atoms with Crippen LogP contribution in [0.3, 0.4) is 0 Å². The Morgan fingerprint density at radius 2 is 1.83 bits per heavy atom. The molecule has 0 amide bonds. The Labute approximate surface area is 230 Å². The molecule has 6 nitrogen and oxygen atoms in total. The Balaban J connectivity index is 0.00000228. The van der Waals surface area contributed by atoms with Crippen LogP contribution in [0.1, 0.15) is 55.5 Å². The fourth-order valence-corrected chi connectivity index (χ4v) is 5.18. The van der Waals surface area contributed by atoms with Gasteiger partial charge < -0.3 is 21.3 Å². The number of rotatable bonds is 7. The minimum atomic E-state index is -0.979. The summed E-state index contributed by atoms with van der Waals surface area (Å²) < 4.78 is 20.6. The number of hydrogen-bond acceptors (Lipinski definition) is 5. The van der Waals surface area contributed by atoms with Gasteiger partial charge in [0.05, 0.1) is 11.7 Å². The zero-order chi connectivity index (χ0) is 24.2. The summed E-state index contributed by atoms with van der Waals surface area (Å²) in [5, 5.41) is 19.6. The van der Waals surface area contributed by atoms with Crippen molar-refractivity contribution >= 4 is 11.7 Å². The Morgan fingerprint density at radius 3 is 2.43 bits per heavy atom. The second kappa shape index (κ2) is 12.7. The number of aromatic carboxylic acids is 1.